The van der Waals surface area contributed by atoms with Crippen LogP contribution in [0.15, 0.2) is 78.9 Å². The Balaban J connectivity index is 1.21. The minimum Gasteiger partial charge on any atom is -0.457 e. The number of nitrogens with one attached hydrogen (secondary N) is 2. The molecule has 1 fully saturated rings. The number of carbonyl (C=O) groups is 3. The molecule has 2 aliphatic rings. The molecule has 166 valence electrons. The molecule has 1 spiro atoms. The van der Waals surface area contributed by atoms with Crippen LogP contribution in [0.4, 0.5) is 4.79 Å². The van der Waals surface area contributed by atoms with Crippen LogP contribution in [0.5, 0.6) is 11.5 Å². The minimum atomic E-state index is -1.06. The molecule has 7 heteroatoms. The van der Waals surface area contributed by atoms with E-state index >= 15 is 0 Å². The average molecular weight is 441 g/mol. The largest absolute Gasteiger partial charge is 0.457 e. The Kier molecular flexibility index (Phi) is 5.30. The number of fused-ring (bicyclic) bond motifs is 2. The topological polar surface area (TPSA) is 87.7 Å². The highest BCUT2D eigenvalue weighted by molar-refractivity contribution is 6.09. The van der Waals surface area contributed by atoms with E-state index in [4.69, 9.17) is 4.74 Å². The van der Waals surface area contributed by atoms with Crippen LogP contribution < -0.4 is 15.4 Å². The summed E-state index contributed by atoms with van der Waals surface area (Å²) in [5.41, 5.74) is 1.66. The normalized spacial score (nSPS) is 18.8. The third-order valence-electron chi connectivity index (χ3n) is 6.09. The molecule has 0 saturated carbocycles. The first-order chi connectivity index (χ1) is 16.0. The number of carbonyl (C=O) groups excluding carboxylic acids is 3. The molecule has 1 atom stereocenters. The van der Waals surface area contributed by atoms with Crippen molar-refractivity contribution in [2.75, 3.05) is 6.54 Å². The van der Waals surface area contributed by atoms with Gasteiger partial charge in [0.1, 0.15) is 23.6 Å². The van der Waals surface area contributed by atoms with E-state index in [9.17, 15) is 14.4 Å². The molecule has 5 rings (SSSR count). The van der Waals surface area contributed by atoms with E-state index in [2.05, 4.69) is 10.6 Å². The van der Waals surface area contributed by atoms with Gasteiger partial charge < -0.3 is 15.4 Å². The Morgan fingerprint density at radius 3 is 2.58 bits per heavy atom. The fourth-order valence-corrected chi connectivity index (χ4v) is 4.48. The number of amides is 4. The molecule has 1 aliphatic carbocycles. The lowest BCUT2D eigenvalue weighted by Crippen LogP contribution is -2.43. The summed E-state index contributed by atoms with van der Waals surface area (Å²) in [5.74, 6) is 0.602. The predicted molar refractivity (Wildman–Crippen MR) is 121 cm³/mol. The number of benzene rings is 3. The van der Waals surface area contributed by atoms with Crippen LogP contribution in [0.2, 0.25) is 0 Å². The molecule has 7 nitrogen and oxygen atoms in total. The maximum Gasteiger partial charge on any atom is 0.325 e. The van der Waals surface area contributed by atoms with Gasteiger partial charge in [-0.1, -0.05) is 54.6 Å². The van der Waals surface area contributed by atoms with Crippen LogP contribution in [0.3, 0.4) is 0 Å². The van der Waals surface area contributed by atoms with E-state index < -0.39 is 17.5 Å². The molecule has 0 aromatic heterocycles. The molecule has 33 heavy (non-hydrogen) atoms. The van der Waals surface area contributed by atoms with Crippen molar-refractivity contribution in [3.05, 3.63) is 95.6 Å². The number of aryl methyl sites for hydroxylation is 1. The zero-order chi connectivity index (χ0) is 22.8. The number of ether oxygens (including phenoxy) is 1. The van der Waals surface area contributed by atoms with Crippen LogP contribution in [0, 0.1) is 0 Å². The van der Waals surface area contributed by atoms with Crippen molar-refractivity contribution in [2.45, 2.75) is 24.9 Å². The molecule has 0 bridgehead atoms. The molecule has 1 aliphatic heterocycles. The third kappa shape index (κ3) is 3.93. The first-order valence-corrected chi connectivity index (χ1v) is 10.9. The lowest BCUT2D eigenvalue weighted by atomic mass is 9.92. The minimum absolute atomic E-state index is 0.252. The molecule has 0 radical (unpaired) electrons. The maximum absolute atomic E-state index is 13.2. The highest BCUT2D eigenvalue weighted by atomic mass is 16.5. The van der Waals surface area contributed by atoms with Crippen molar-refractivity contribution in [3.8, 4) is 11.5 Å². The van der Waals surface area contributed by atoms with Crippen LogP contribution in [-0.4, -0.2) is 29.3 Å². The Morgan fingerprint density at radius 1 is 0.970 bits per heavy atom. The van der Waals surface area contributed by atoms with Crippen LogP contribution in [-0.2, 0) is 28.1 Å². The second kappa shape index (κ2) is 8.43. The van der Waals surface area contributed by atoms with E-state index in [1.807, 2.05) is 78.9 Å². The molecule has 2 N–H and O–H groups in total. The maximum atomic E-state index is 13.2. The molecule has 4 amide bonds. The van der Waals surface area contributed by atoms with Gasteiger partial charge in [0.2, 0.25) is 5.91 Å². The van der Waals surface area contributed by atoms with Crippen molar-refractivity contribution in [2.24, 2.45) is 0 Å². The Labute approximate surface area is 191 Å². The number of rotatable bonds is 6. The standard InChI is InChI=1S/C26H23N3O4/c30-23(27-16-18-7-6-11-21(15-18)33-20-9-2-1-3-10-20)17-29-24(31)26(28-25(29)32)14-13-19-8-4-5-12-22(19)26/h1-12,15H,13-14,16-17H2,(H,27,30)(H,28,32). The van der Waals surface area contributed by atoms with Crippen molar-refractivity contribution in [3.63, 3.8) is 0 Å². The predicted octanol–water partition coefficient (Wildman–Crippen LogP) is 3.49. The fourth-order valence-electron chi connectivity index (χ4n) is 4.48. The zero-order valence-corrected chi connectivity index (χ0v) is 17.9. The Morgan fingerprint density at radius 2 is 1.73 bits per heavy atom. The highest BCUT2D eigenvalue weighted by Gasteiger charge is 2.55. The molecule has 3 aromatic carbocycles. The number of imide groups is 1. The van der Waals surface area contributed by atoms with Gasteiger partial charge in [-0.05, 0) is 53.8 Å². The number of hydrogen-bond donors (Lipinski definition) is 2. The molecular formula is C26H23N3O4. The molecule has 1 unspecified atom stereocenters. The summed E-state index contributed by atoms with van der Waals surface area (Å²) >= 11 is 0. The lowest BCUT2D eigenvalue weighted by molar-refractivity contribution is -0.135. The third-order valence-corrected chi connectivity index (χ3v) is 6.09. The van der Waals surface area contributed by atoms with E-state index in [0.717, 1.165) is 27.3 Å². The highest BCUT2D eigenvalue weighted by Crippen LogP contribution is 2.41. The summed E-state index contributed by atoms with van der Waals surface area (Å²) in [5, 5.41) is 5.62. The Hall–Kier alpha value is -4.13. The SMILES string of the molecule is O=C(CN1C(=O)NC2(CCc3ccccc32)C1=O)NCc1cccc(Oc2ccccc2)c1. The smallest absolute Gasteiger partial charge is 0.325 e. The zero-order valence-electron chi connectivity index (χ0n) is 17.9. The van der Waals surface area contributed by atoms with Gasteiger partial charge in [-0.25, -0.2) is 4.79 Å². The summed E-state index contributed by atoms with van der Waals surface area (Å²) < 4.78 is 5.83. The number of urea groups is 1. The molecule has 1 heterocycles. The van der Waals surface area contributed by atoms with Gasteiger partial charge in [0.15, 0.2) is 0 Å². The average Bonchev–Trinajstić information content (AvgIpc) is 3.32. The van der Waals surface area contributed by atoms with Crippen LogP contribution in [0.25, 0.3) is 0 Å². The van der Waals surface area contributed by atoms with E-state index in [1.54, 1.807) is 0 Å². The summed E-state index contributed by atoms with van der Waals surface area (Å²) in [6.45, 7) is -0.0722. The van der Waals surface area contributed by atoms with Crippen molar-refractivity contribution in [1.82, 2.24) is 15.5 Å². The van der Waals surface area contributed by atoms with Gasteiger partial charge in [0, 0.05) is 6.54 Å². The van der Waals surface area contributed by atoms with Crippen LogP contribution in [0.1, 0.15) is 23.1 Å². The van der Waals surface area contributed by atoms with Gasteiger partial charge in [-0.2, -0.15) is 0 Å². The van der Waals surface area contributed by atoms with Gasteiger partial charge >= 0.3 is 6.03 Å². The molecule has 1 saturated heterocycles. The fraction of sp³-hybridized carbons (Fsp3) is 0.192. The lowest BCUT2D eigenvalue weighted by Gasteiger charge is -2.22. The monoisotopic (exact) mass is 441 g/mol. The summed E-state index contributed by atoms with van der Waals surface area (Å²) in [4.78, 5) is 39.3. The van der Waals surface area contributed by atoms with E-state index in [1.165, 1.54) is 0 Å². The van der Waals surface area contributed by atoms with Gasteiger partial charge in [-0.3, -0.25) is 14.5 Å². The van der Waals surface area contributed by atoms with Gasteiger partial charge in [-0.15, -0.1) is 0 Å². The number of hydrogen-bond acceptors (Lipinski definition) is 4. The summed E-state index contributed by atoms with van der Waals surface area (Å²) in [6, 6.07) is 23.9. The quantitative estimate of drug-likeness (QED) is 0.574. The van der Waals surface area contributed by atoms with E-state index in [-0.39, 0.29) is 19.0 Å². The van der Waals surface area contributed by atoms with E-state index in [0.29, 0.717) is 18.6 Å². The second-order valence-electron chi connectivity index (χ2n) is 8.22. The second-order valence-corrected chi connectivity index (χ2v) is 8.22. The first kappa shape index (κ1) is 20.8. The van der Waals surface area contributed by atoms with Gasteiger partial charge in [0.05, 0.1) is 0 Å². The number of para-hydroxylation sites is 1. The van der Waals surface area contributed by atoms with Crippen molar-refractivity contribution >= 4 is 17.8 Å². The van der Waals surface area contributed by atoms with Crippen LogP contribution >= 0.6 is 0 Å². The van der Waals surface area contributed by atoms with Crippen molar-refractivity contribution < 1.29 is 19.1 Å². The molecule has 3 aromatic rings. The molecular weight excluding hydrogens is 418 g/mol. The first-order valence-electron chi connectivity index (χ1n) is 10.9. The van der Waals surface area contributed by atoms with Crippen molar-refractivity contribution in [1.29, 1.82) is 0 Å². The summed E-state index contributed by atoms with van der Waals surface area (Å²) in [6.07, 6.45) is 1.22. The number of nitrogens with zero attached hydrogens (tertiary/aromatic N) is 1. The Bertz CT molecular complexity index is 1230. The van der Waals surface area contributed by atoms with Gasteiger partial charge in [0.25, 0.3) is 5.91 Å². The summed E-state index contributed by atoms with van der Waals surface area (Å²) in [7, 11) is 0.